The zero-order valence-electron chi connectivity index (χ0n) is 13.0. The van der Waals surface area contributed by atoms with E-state index in [2.05, 4.69) is 5.32 Å². The van der Waals surface area contributed by atoms with Crippen molar-refractivity contribution in [1.82, 2.24) is 0 Å². The maximum Gasteiger partial charge on any atom is 0.239 e. The molecule has 1 amide bonds. The molecule has 0 bridgehead atoms. The molecule has 2 rings (SSSR count). The molecule has 0 atom stereocenters. The van der Waals surface area contributed by atoms with E-state index in [1.54, 1.807) is 24.3 Å². The fourth-order valence-corrected chi connectivity index (χ4v) is 3.54. The molecule has 6 heteroatoms. The molecule has 0 radical (unpaired) electrons. The Labute approximate surface area is 141 Å². The van der Waals surface area contributed by atoms with Gasteiger partial charge in [0.25, 0.3) is 0 Å². The van der Waals surface area contributed by atoms with E-state index < -0.39 is 21.5 Å². The number of halogens is 1. The van der Waals surface area contributed by atoms with E-state index in [0.29, 0.717) is 16.3 Å². The highest BCUT2D eigenvalue weighted by Gasteiger charge is 2.18. The molecular weight excluding hydrogens is 334 g/mol. The Hall–Kier alpha value is -1.85. The zero-order valence-corrected chi connectivity index (χ0v) is 14.5. The second kappa shape index (κ2) is 7.15. The monoisotopic (exact) mass is 351 g/mol. The van der Waals surface area contributed by atoms with E-state index in [-0.39, 0.29) is 5.75 Å². The van der Waals surface area contributed by atoms with Gasteiger partial charge in [-0.2, -0.15) is 0 Å². The van der Waals surface area contributed by atoms with Crippen LogP contribution in [0.2, 0.25) is 5.02 Å². The van der Waals surface area contributed by atoms with Crippen LogP contribution in [0.5, 0.6) is 0 Å². The molecule has 0 aliphatic heterocycles. The van der Waals surface area contributed by atoms with E-state index in [9.17, 15) is 13.2 Å². The topological polar surface area (TPSA) is 63.2 Å². The molecule has 0 aliphatic carbocycles. The summed E-state index contributed by atoms with van der Waals surface area (Å²) in [7, 11) is -3.54. The average molecular weight is 352 g/mol. The van der Waals surface area contributed by atoms with Crippen molar-refractivity contribution in [3.63, 3.8) is 0 Å². The van der Waals surface area contributed by atoms with Crippen molar-refractivity contribution in [2.75, 3.05) is 11.1 Å². The van der Waals surface area contributed by atoms with Crippen LogP contribution >= 0.6 is 11.6 Å². The highest BCUT2D eigenvalue weighted by molar-refractivity contribution is 7.91. The molecule has 0 heterocycles. The largest absolute Gasteiger partial charge is 0.325 e. The van der Waals surface area contributed by atoms with E-state index >= 15 is 0 Å². The number of carbonyl (C=O) groups is 1. The molecule has 2 aromatic carbocycles. The van der Waals surface area contributed by atoms with Crippen molar-refractivity contribution in [2.24, 2.45) is 0 Å². The van der Waals surface area contributed by atoms with Gasteiger partial charge in [0.2, 0.25) is 5.91 Å². The van der Waals surface area contributed by atoms with Gasteiger partial charge in [-0.15, -0.1) is 0 Å². The fraction of sp³-hybridized carbons (Fsp3) is 0.235. The Morgan fingerprint density at radius 1 is 1.09 bits per heavy atom. The lowest BCUT2D eigenvalue weighted by Gasteiger charge is -2.10. The highest BCUT2D eigenvalue weighted by Crippen LogP contribution is 2.17. The van der Waals surface area contributed by atoms with Gasteiger partial charge in [-0.25, -0.2) is 8.42 Å². The first-order valence-corrected chi connectivity index (χ1v) is 9.27. The lowest BCUT2D eigenvalue weighted by Crippen LogP contribution is -2.24. The molecule has 4 nitrogen and oxygen atoms in total. The number of nitrogens with one attached hydrogen (secondary N) is 1. The van der Waals surface area contributed by atoms with Crippen molar-refractivity contribution in [3.05, 3.63) is 64.2 Å². The Bertz CT molecular complexity index is 814. The predicted molar refractivity (Wildman–Crippen MR) is 93.5 cm³/mol. The summed E-state index contributed by atoms with van der Waals surface area (Å²) in [4.78, 5) is 12.0. The molecule has 0 saturated heterocycles. The molecule has 0 aromatic heterocycles. The van der Waals surface area contributed by atoms with Crippen molar-refractivity contribution >= 4 is 33.0 Å². The van der Waals surface area contributed by atoms with Crippen LogP contribution in [0.4, 0.5) is 5.69 Å². The van der Waals surface area contributed by atoms with E-state index in [4.69, 9.17) is 11.6 Å². The number of benzene rings is 2. The molecule has 0 saturated carbocycles. The van der Waals surface area contributed by atoms with Crippen LogP contribution in [0, 0.1) is 13.8 Å². The van der Waals surface area contributed by atoms with Gasteiger partial charge >= 0.3 is 0 Å². The summed E-state index contributed by atoms with van der Waals surface area (Å²) >= 11 is 5.77. The lowest BCUT2D eigenvalue weighted by molar-refractivity contribution is -0.113. The quantitative estimate of drug-likeness (QED) is 0.896. The minimum absolute atomic E-state index is 0.190. The van der Waals surface area contributed by atoms with Crippen LogP contribution in [0.1, 0.15) is 16.7 Å². The lowest BCUT2D eigenvalue weighted by atomic mass is 10.1. The van der Waals surface area contributed by atoms with Crippen LogP contribution in [0.25, 0.3) is 0 Å². The third kappa shape index (κ3) is 5.37. The Kier molecular flexibility index (Phi) is 5.44. The molecule has 0 aliphatic rings. The SMILES string of the molecule is Cc1ccc(C)c(NC(=O)CS(=O)(=O)Cc2ccc(Cl)cc2)c1. The van der Waals surface area contributed by atoms with Crippen LogP contribution in [0.3, 0.4) is 0 Å². The van der Waals surface area contributed by atoms with E-state index in [1.165, 1.54) is 0 Å². The fourth-order valence-electron chi connectivity index (χ4n) is 2.14. The molecule has 0 spiro atoms. The number of anilines is 1. The summed E-state index contributed by atoms with van der Waals surface area (Å²) in [6.07, 6.45) is 0. The second-order valence-corrected chi connectivity index (χ2v) is 8.03. The van der Waals surface area contributed by atoms with Crippen LogP contribution in [0.15, 0.2) is 42.5 Å². The average Bonchev–Trinajstić information content (AvgIpc) is 2.44. The van der Waals surface area contributed by atoms with Gasteiger partial charge < -0.3 is 5.32 Å². The molecule has 122 valence electrons. The van der Waals surface area contributed by atoms with Crippen molar-refractivity contribution in [2.45, 2.75) is 19.6 Å². The molecule has 2 aromatic rings. The van der Waals surface area contributed by atoms with Crippen molar-refractivity contribution in [1.29, 1.82) is 0 Å². The smallest absolute Gasteiger partial charge is 0.239 e. The van der Waals surface area contributed by atoms with Gasteiger partial charge in [0.1, 0.15) is 5.75 Å². The van der Waals surface area contributed by atoms with Gasteiger partial charge in [0.05, 0.1) is 5.75 Å². The van der Waals surface area contributed by atoms with Gasteiger partial charge in [-0.05, 0) is 48.7 Å². The number of amides is 1. The van der Waals surface area contributed by atoms with Gasteiger partial charge in [-0.1, -0.05) is 35.9 Å². The summed E-state index contributed by atoms with van der Waals surface area (Å²) in [6.45, 7) is 3.77. The molecular formula is C17H18ClNO3S. The number of rotatable bonds is 5. The number of hydrogen-bond donors (Lipinski definition) is 1. The third-order valence-corrected chi connectivity index (χ3v) is 5.05. The number of aryl methyl sites for hydroxylation is 2. The maximum atomic E-state index is 12.1. The zero-order chi connectivity index (χ0) is 17.0. The minimum Gasteiger partial charge on any atom is -0.325 e. The Balaban J connectivity index is 2.03. The van der Waals surface area contributed by atoms with Gasteiger partial charge in [0, 0.05) is 10.7 Å². The number of carbonyl (C=O) groups excluding carboxylic acids is 1. The van der Waals surface area contributed by atoms with Gasteiger partial charge in [0.15, 0.2) is 9.84 Å². The van der Waals surface area contributed by atoms with Crippen molar-refractivity contribution < 1.29 is 13.2 Å². The van der Waals surface area contributed by atoms with Crippen LogP contribution < -0.4 is 5.32 Å². The van der Waals surface area contributed by atoms with Gasteiger partial charge in [-0.3, -0.25) is 4.79 Å². The highest BCUT2D eigenvalue weighted by atomic mass is 35.5. The summed E-state index contributed by atoms with van der Waals surface area (Å²) < 4.78 is 24.3. The van der Waals surface area contributed by atoms with E-state index in [1.807, 2.05) is 32.0 Å². The summed E-state index contributed by atoms with van der Waals surface area (Å²) in [6, 6.07) is 12.2. The second-order valence-electron chi connectivity index (χ2n) is 5.53. The molecule has 0 fully saturated rings. The Morgan fingerprint density at radius 2 is 1.74 bits per heavy atom. The minimum atomic E-state index is -3.54. The van der Waals surface area contributed by atoms with Crippen LogP contribution in [-0.4, -0.2) is 20.1 Å². The maximum absolute atomic E-state index is 12.1. The normalized spacial score (nSPS) is 11.3. The first-order chi connectivity index (χ1) is 10.7. The van der Waals surface area contributed by atoms with Crippen LogP contribution in [-0.2, 0) is 20.4 Å². The summed E-state index contributed by atoms with van der Waals surface area (Å²) in [5.74, 6) is -1.28. The standard InChI is InChI=1S/C17H18ClNO3S/c1-12-3-4-13(2)16(9-12)19-17(20)11-23(21,22)10-14-5-7-15(18)8-6-14/h3-9H,10-11H2,1-2H3,(H,19,20). The predicted octanol–water partition coefficient (Wildman–Crippen LogP) is 3.51. The third-order valence-electron chi connectivity index (χ3n) is 3.32. The number of hydrogen-bond acceptors (Lipinski definition) is 3. The van der Waals surface area contributed by atoms with Crippen molar-refractivity contribution in [3.8, 4) is 0 Å². The first-order valence-electron chi connectivity index (χ1n) is 7.07. The Morgan fingerprint density at radius 3 is 2.39 bits per heavy atom. The summed E-state index contributed by atoms with van der Waals surface area (Å²) in [5, 5.41) is 3.20. The summed E-state index contributed by atoms with van der Waals surface area (Å²) in [5.41, 5.74) is 3.12. The number of sulfone groups is 1. The molecule has 0 unspecified atom stereocenters. The molecule has 1 N–H and O–H groups in total. The van der Waals surface area contributed by atoms with E-state index in [0.717, 1.165) is 11.1 Å². The first kappa shape index (κ1) is 17.5. The molecule has 23 heavy (non-hydrogen) atoms.